The van der Waals surface area contributed by atoms with Crippen molar-refractivity contribution in [1.29, 1.82) is 0 Å². The van der Waals surface area contributed by atoms with E-state index in [0.717, 1.165) is 5.56 Å². The lowest BCUT2D eigenvalue weighted by molar-refractivity contribution is -0.140. The Morgan fingerprint density at radius 1 is 1.50 bits per heavy atom. The van der Waals surface area contributed by atoms with Gasteiger partial charge in [0, 0.05) is 0 Å². The maximum Gasteiger partial charge on any atom is 0.313 e. The van der Waals surface area contributed by atoms with E-state index in [4.69, 9.17) is 11.0 Å². The zero-order valence-electron chi connectivity index (χ0n) is 7.93. The second-order valence-electron chi connectivity index (χ2n) is 3.13. The van der Waals surface area contributed by atoms with Gasteiger partial charge in [0.2, 0.25) is 0 Å². The van der Waals surface area contributed by atoms with Gasteiger partial charge in [0.25, 0.3) is 0 Å². The van der Waals surface area contributed by atoms with Crippen LogP contribution >= 0.6 is 0 Å². The van der Waals surface area contributed by atoms with Crippen LogP contribution in [0.15, 0.2) is 24.3 Å². The Labute approximate surface area is 82.3 Å². The van der Waals surface area contributed by atoms with E-state index in [0.29, 0.717) is 5.56 Å². The van der Waals surface area contributed by atoms with Gasteiger partial charge in [0.05, 0.1) is 6.61 Å². The highest BCUT2D eigenvalue weighted by atomic mass is 16.6. The number of hydrogen-bond acceptors (Lipinski definition) is 3. The first-order valence-electron chi connectivity index (χ1n) is 4.26. The number of hydrogen-bond donors (Lipinski definition) is 2. The van der Waals surface area contributed by atoms with Crippen LogP contribution in [0, 0.1) is 6.92 Å². The molecule has 0 amide bonds. The summed E-state index contributed by atoms with van der Waals surface area (Å²) < 4.78 is 0. The van der Waals surface area contributed by atoms with E-state index in [9.17, 15) is 4.79 Å². The Hall–Kier alpha value is -1.39. The molecule has 1 rings (SSSR count). The molecule has 4 heteroatoms. The van der Waals surface area contributed by atoms with Crippen molar-refractivity contribution in [3.8, 4) is 0 Å². The summed E-state index contributed by atoms with van der Waals surface area (Å²) in [5.41, 5.74) is 1.79. The Bertz CT molecular complexity index is 308. The van der Waals surface area contributed by atoms with Crippen molar-refractivity contribution in [1.82, 2.24) is 0 Å². The standard InChI is InChI=1S/C10H13NO3/c1-7-2-4-8(5-3-7)9(6-14-11)10(12)13/h2-5,9H,6,11H2,1H3,(H,12,13). The lowest BCUT2D eigenvalue weighted by Crippen LogP contribution is -2.19. The van der Waals surface area contributed by atoms with E-state index >= 15 is 0 Å². The van der Waals surface area contributed by atoms with Gasteiger partial charge < -0.3 is 9.94 Å². The van der Waals surface area contributed by atoms with Crippen molar-refractivity contribution in [2.45, 2.75) is 12.8 Å². The van der Waals surface area contributed by atoms with Gasteiger partial charge in [-0.1, -0.05) is 29.8 Å². The highest BCUT2D eigenvalue weighted by Gasteiger charge is 2.19. The number of rotatable bonds is 4. The van der Waals surface area contributed by atoms with Gasteiger partial charge in [-0.2, -0.15) is 0 Å². The van der Waals surface area contributed by atoms with Crippen molar-refractivity contribution >= 4 is 5.97 Å². The number of aliphatic carboxylic acids is 1. The van der Waals surface area contributed by atoms with E-state index in [1.807, 2.05) is 19.1 Å². The second-order valence-corrected chi connectivity index (χ2v) is 3.13. The third kappa shape index (κ3) is 2.55. The van der Waals surface area contributed by atoms with Crippen molar-refractivity contribution in [3.63, 3.8) is 0 Å². The number of aryl methyl sites for hydroxylation is 1. The third-order valence-electron chi connectivity index (χ3n) is 2.04. The average Bonchev–Trinajstić information content (AvgIpc) is 2.15. The van der Waals surface area contributed by atoms with E-state index in [2.05, 4.69) is 4.84 Å². The minimum Gasteiger partial charge on any atom is -0.481 e. The first-order valence-corrected chi connectivity index (χ1v) is 4.26. The molecule has 0 radical (unpaired) electrons. The van der Waals surface area contributed by atoms with Crippen molar-refractivity contribution in [2.75, 3.05) is 6.61 Å². The van der Waals surface area contributed by atoms with E-state index in [1.165, 1.54) is 0 Å². The van der Waals surface area contributed by atoms with Crippen LogP contribution in [-0.2, 0) is 9.63 Å². The highest BCUT2D eigenvalue weighted by Crippen LogP contribution is 2.16. The quantitative estimate of drug-likeness (QED) is 0.704. The zero-order valence-corrected chi connectivity index (χ0v) is 7.93. The summed E-state index contributed by atoms with van der Waals surface area (Å²) in [4.78, 5) is 15.2. The van der Waals surface area contributed by atoms with Gasteiger partial charge in [-0.05, 0) is 12.5 Å². The normalized spacial score (nSPS) is 12.4. The van der Waals surface area contributed by atoms with E-state index in [-0.39, 0.29) is 6.61 Å². The Morgan fingerprint density at radius 2 is 2.07 bits per heavy atom. The van der Waals surface area contributed by atoms with Crippen LogP contribution < -0.4 is 5.90 Å². The van der Waals surface area contributed by atoms with Crippen LogP contribution in [0.3, 0.4) is 0 Å². The van der Waals surface area contributed by atoms with Gasteiger partial charge >= 0.3 is 5.97 Å². The Balaban J connectivity index is 2.87. The Morgan fingerprint density at radius 3 is 2.50 bits per heavy atom. The molecule has 0 saturated heterocycles. The molecule has 1 atom stereocenters. The first-order chi connectivity index (χ1) is 6.65. The second kappa shape index (κ2) is 4.74. The van der Waals surface area contributed by atoms with Crippen LogP contribution in [0.5, 0.6) is 0 Å². The highest BCUT2D eigenvalue weighted by molar-refractivity contribution is 5.76. The predicted octanol–water partition coefficient (Wildman–Crippen LogP) is 1.05. The molecule has 4 nitrogen and oxygen atoms in total. The number of carboxylic acid groups (broad SMARTS) is 1. The van der Waals surface area contributed by atoms with Crippen molar-refractivity contribution in [3.05, 3.63) is 35.4 Å². The molecule has 0 fully saturated rings. The van der Waals surface area contributed by atoms with Crippen LogP contribution in [-0.4, -0.2) is 17.7 Å². The molecule has 0 bridgehead atoms. The number of benzene rings is 1. The zero-order chi connectivity index (χ0) is 10.6. The van der Waals surface area contributed by atoms with Gasteiger partial charge in [-0.3, -0.25) is 4.79 Å². The molecule has 0 aliphatic rings. The smallest absolute Gasteiger partial charge is 0.313 e. The summed E-state index contributed by atoms with van der Waals surface area (Å²) in [7, 11) is 0. The van der Waals surface area contributed by atoms with E-state index in [1.54, 1.807) is 12.1 Å². The minimum atomic E-state index is -0.931. The summed E-state index contributed by atoms with van der Waals surface area (Å²) in [6, 6.07) is 7.27. The van der Waals surface area contributed by atoms with Crippen molar-refractivity contribution < 1.29 is 14.7 Å². The lowest BCUT2D eigenvalue weighted by atomic mass is 9.99. The largest absolute Gasteiger partial charge is 0.481 e. The molecule has 1 aromatic rings. The van der Waals surface area contributed by atoms with Gasteiger partial charge in [-0.15, -0.1) is 0 Å². The summed E-state index contributed by atoms with van der Waals surface area (Å²) in [5.74, 6) is 3.25. The molecule has 0 aromatic heterocycles. The fourth-order valence-electron chi connectivity index (χ4n) is 1.21. The van der Waals surface area contributed by atoms with Crippen LogP contribution in [0.1, 0.15) is 17.0 Å². The summed E-state index contributed by atoms with van der Waals surface area (Å²) in [6.07, 6.45) is 0. The third-order valence-corrected chi connectivity index (χ3v) is 2.04. The summed E-state index contributed by atoms with van der Waals surface area (Å²) in [5, 5.41) is 8.89. The molecule has 3 N–H and O–H groups in total. The predicted molar refractivity (Wildman–Crippen MR) is 51.7 cm³/mol. The number of nitrogens with two attached hydrogens (primary N) is 1. The molecule has 1 aromatic carbocycles. The fraction of sp³-hybridized carbons (Fsp3) is 0.300. The molecular formula is C10H13NO3. The lowest BCUT2D eigenvalue weighted by Gasteiger charge is -2.10. The minimum absolute atomic E-state index is 0.0155. The topological polar surface area (TPSA) is 72.5 Å². The number of carboxylic acids is 1. The SMILES string of the molecule is Cc1ccc(C(CON)C(=O)O)cc1. The maximum absolute atomic E-state index is 10.8. The summed E-state index contributed by atoms with van der Waals surface area (Å²) >= 11 is 0. The molecular weight excluding hydrogens is 182 g/mol. The summed E-state index contributed by atoms with van der Waals surface area (Å²) in [6.45, 7) is 1.93. The first kappa shape index (κ1) is 10.7. The van der Waals surface area contributed by atoms with Gasteiger partial charge in [0.1, 0.15) is 5.92 Å². The molecule has 0 aliphatic carbocycles. The van der Waals surface area contributed by atoms with Crippen LogP contribution in [0.2, 0.25) is 0 Å². The van der Waals surface area contributed by atoms with Crippen LogP contribution in [0.4, 0.5) is 0 Å². The molecule has 0 saturated carbocycles. The maximum atomic E-state index is 10.8. The molecule has 1 unspecified atom stereocenters. The molecule has 0 spiro atoms. The molecule has 0 aliphatic heterocycles. The Kier molecular flexibility index (Phi) is 3.62. The molecule has 14 heavy (non-hydrogen) atoms. The number of carbonyl (C=O) groups is 1. The monoisotopic (exact) mass is 195 g/mol. The van der Waals surface area contributed by atoms with E-state index < -0.39 is 11.9 Å². The van der Waals surface area contributed by atoms with Gasteiger partial charge in [0.15, 0.2) is 0 Å². The fourth-order valence-corrected chi connectivity index (χ4v) is 1.21. The molecule has 76 valence electrons. The average molecular weight is 195 g/mol. The van der Waals surface area contributed by atoms with Crippen LogP contribution in [0.25, 0.3) is 0 Å². The molecule has 0 heterocycles. The van der Waals surface area contributed by atoms with Gasteiger partial charge in [-0.25, -0.2) is 5.90 Å². The van der Waals surface area contributed by atoms with Crippen molar-refractivity contribution in [2.24, 2.45) is 5.90 Å².